The highest BCUT2D eigenvalue weighted by atomic mass is 79.9. The minimum absolute atomic E-state index is 0.0446. The molecule has 3 aromatic carbocycles. The van der Waals surface area contributed by atoms with E-state index in [-0.39, 0.29) is 11.1 Å². The average Bonchev–Trinajstić information content (AvgIpc) is 3.17. The number of hydrogen-bond donors (Lipinski definition) is 0. The van der Waals surface area contributed by atoms with Gasteiger partial charge in [-0.3, -0.25) is 0 Å². The van der Waals surface area contributed by atoms with Gasteiger partial charge >= 0.3 is 5.97 Å². The molecule has 0 saturated heterocycles. The van der Waals surface area contributed by atoms with E-state index in [4.69, 9.17) is 14.2 Å². The Kier molecular flexibility index (Phi) is 6.89. The first-order valence-electron chi connectivity index (χ1n) is 10.9. The number of aliphatic imine (C=N–C) groups is 1. The number of hydrogen-bond acceptors (Lipinski definition) is 5. The van der Waals surface area contributed by atoms with Crippen molar-refractivity contribution >= 4 is 33.9 Å². The van der Waals surface area contributed by atoms with Crippen LogP contribution in [0.15, 0.2) is 81.9 Å². The number of esters is 1. The average molecular weight is 520 g/mol. The lowest BCUT2D eigenvalue weighted by atomic mass is 9.87. The maximum Gasteiger partial charge on any atom is 0.363 e. The molecule has 0 saturated carbocycles. The molecular weight excluding hydrogens is 494 g/mol. The highest BCUT2D eigenvalue weighted by Gasteiger charge is 2.25. The third-order valence-corrected chi connectivity index (χ3v) is 5.89. The Morgan fingerprint density at radius 1 is 1.00 bits per heavy atom. The summed E-state index contributed by atoms with van der Waals surface area (Å²) in [6.07, 6.45) is 1.68. The molecule has 174 valence electrons. The third kappa shape index (κ3) is 5.57. The molecule has 1 heterocycles. The topological polar surface area (TPSA) is 57.1 Å². The smallest absolute Gasteiger partial charge is 0.363 e. The number of ether oxygens (including phenoxy) is 3. The second kappa shape index (κ2) is 9.85. The molecule has 4 rings (SSSR count). The molecule has 0 radical (unpaired) electrons. The van der Waals surface area contributed by atoms with Crippen molar-refractivity contribution in [2.45, 2.75) is 32.8 Å². The molecule has 0 spiro atoms. The quantitative estimate of drug-likeness (QED) is 0.269. The van der Waals surface area contributed by atoms with Crippen molar-refractivity contribution in [2.24, 2.45) is 4.99 Å². The van der Waals surface area contributed by atoms with Crippen molar-refractivity contribution in [1.29, 1.82) is 0 Å². The van der Waals surface area contributed by atoms with Gasteiger partial charge in [0.1, 0.15) is 6.61 Å². The predicted molar refractivity (Wildman–Crippen MR) is 137 cm³/mol. The molecule has 5 nitrogen and oxygen atoms in total. The number of methoxy groups -OCH3 is 1. The first-order chi connectivity index (χ1) is 16.2. The lowest BCUT2D eigenvalue weighted by Crippen LogP contribution is -2.11. The highest BCUT2D eigenvalue weighted by Crippen LogP contribution is 2.31. The third-order valence-electron chi connectivity index (χ3n) is 5.39. The Morgan fingerprint density at radius 3 is 2.44 bits per heavy atom. The number of benzene rings is 3. The minimum Gasteiger partial charge on any atom is -0.493 e. The van der Waals surface area contributed by atoms with Crippen LogP contribution in [0.4, 0.5) is 0 Å². The molecule has 6 heteroatoms. The van der Waals surface area contributed by atoms with Gasteiger partial charge in [-0.2, -0.15) is 0 Å². The van der Waals surface area contributed by atoms with E-state index in [0.717, 1.165) is 21.2 Å². The van der Waals surface area contributed by atoms with Crippen LogP contribution in [0.3, 0.4) is 0 Å². The van der Waals surface area contributed by atoms with Crippen molar-refractivity contribution in [3.63, 3.8) is 0 Å². The maximum absolute atomic E-state index is 12.5. The van der Waals surface area contributed by atoms with Gasteiger partial charge in [0.2, 0.25) is 5.90 Å². The van der Waals surface area contributed by atoms with E-state index >= 15 is 0 Å². The second-order valence-corrected chi connectivity index (χ2v) is 9.91. The molecule has 0 atom stereocenters. The van der Waals surface area contributed by atoms with Crippen LogP contribution < -0.4 is 9.47 Å². The fourth-order valence-electron chi connectivity index (χ4n) is 3.49. The van der Waals surface area contributed by atoms with E-state index in [0.29, 0.717) is 24.0 Å². The summed E-state index contributed by atoms with van der Waals surface area (Å²) >= 11 is 3.47. The van der Waals surface area contributed by atoms with Gasteiger partial charge < -0.3 is 14.2 Å². The second-order valence-electron chi connectivity index (χ2n) is 8.99. The SMILES string of the molecule is COc1ccc(/C=C2\N=C(c3ccc(C(C)(C)C)cc3)OC2=O)cc1OCc1cccc(Br)c1. The van der Waals surface area contributed by atoms with Gasteiger partial charge in [-0.05, 0) is 64.6 Å². The predicted octanol–water partition coefficient (Wildman–Crippen LogP) is 6.68. The summed E-state index contributed by atoms with van der Waals surface area (Å²) in [6, 6.07) is 21.3. The summed E-state index contributed by atoms with van der Waals surface area (Å²) in [5.41, 5.74) is 4.01. The standard InChI is InChI=1S/C28H26BrNO4/c1-28(2,3)21-11-9-20(10-12-21)26-30-23(27(31)34-26)15-18-8-13-24(32-4)25(16-18)33-17-19-6-5-7-22(29)14-19/h5-16H,17H2,1-4H3/b23-15-. The van der Waals surface area contributed by atoms with Gasteiger partial charge in [0.25, 0.3) is 0 Å². The molecule has 0 amide bonds. The molecule has 0 N–H and O–H groups in total. The molecule has 1 aliphatic heterocycles. The van der Waals surface area contributed by atoms with Gasteiger partial charge in [-0.25, -0.2) is 9.79 Å². The lowest BCUT2D eigenvalue weighted by molar-refractivity contribution is -0.129. The van der Waals surface area contributed by atoms with E-state index in [1.165, 1.54) is 5.56 Å². The van der Waals surface area contributed by atoms with E-state index in [1.54, 1.807) is 19.3 Å². The number of nitrogens with zero attached hydrogens (tertiary/aromatic N) is 1. The van der Waals surface area contributed by atoms with Crippen LogP contribution in [0.5, 0.6) is 11.5 Å². The van der Waals surface area contributed by atoms with E-state index < -0.39 is 5.97 Å². The largest absolute Gasteiger partial charge is 0.493 e. The minimum atomic E-state index is -0.484. The summed E-state index contributed by atoms with van der Waals surface area (Å²) in [5, 5.41) is 0. The molecule has 1 aliphatic rings. The number of halogens is 1. The summed E-state index contributed by atoms with van der Waals surface area (Å²) in [5.74, 6) is 0.998. The maximum atomic E-state index is 12.5. The first kappa shape index (κ1) is 23.8. The fraction of sp³-hybridized carbons (Fsp3) is 0.214. The zero-order chi connectivity index (χ0) is 24.3. The number of carbonyl (C=O) groups excluding carboxylic acids is 1. The Balaban J connectivity index is 1.56. The number of cyclic esters (lactones) is 1. The fourth-order valence-corrected chi connectivity index (χ4v) is 3.93. The summed E-state index contributed by atoms with van der Waals surface area (Å²) < 4.78 is 17.9. The molecule has 0 fully saturated rings. The lowest BCUT2D eigenvalue weighted by Gasteiger charge is -2.18. The van der Waals surface area contributed by atoms with Crippen molar-refractivity contribution in [3.8, 4) is 11.5 Å². The summed E-state index contributed by atoms with van der Waals surface area (Å²) in [6.45, 7) is 6.84. The molecule has 0 aromatic heterocycles. The molecule has 3 aromatic rings. The molecule has 34 heavy (non-hydrogen) atoms. The van der Waals surface area contributed by atoms with E-state index in [1.807, 2.05) is 60.7 Å². The Morgan fingerprint density at radius 2 is 1.76 bits per heavy atom. The zero-order valence-electron chi connectivity index (χ0n) is 19.6. The van der Waals surface area contributed by atoms with Crippen LogP contribution in [-0.2, 0) is 21.6 Å². The van der Waals surface area contributed by atoms with Gasteiger partial charge in [0, 0.05) is 10.0 Å². The molecular formula is C28H26BrNO4. The van der Waals surface area contributed by atoms with E-state index in [2.05, 4.69) is 41.7 Å². The normalized spacial score (nSPS) is 14.7. The van der Waals surface area contributed by atoms with Crippen molar-refractivity contribution < 1.29 is 19.0 Å². The van der Waals surface area contributed by atoms with Crippen LogP contribution >= 0.6 is 15.9 Å². The van der Waals surface area contributed by atoms with E-state index in [9.17, 15) is 4.79 Å². The number of carbonyl (C=O) groups is 1. The van der Waals surface area contributed by atoms with Crippen molar-refractivity contribution in [3.05, 3.63) is 99.2 Å². The van der Waals surface area contributed by atoms with Crippen LogP contribution in [0, 0.1) is 0 Å². The van der Waals surface area contributed by atoms with Crippen molar-refractivity contribution in [1.82, 2.24) is 0 Å². The summed E-state index contributed by atoms with van der Waals surface area (Å²) in [7, 11) is 1.59. The molecule has 0 aliphatic carbocycles. The zero-order valence-corrected chi connectivity index (χ0v) is 21.2. The van der Waals surface area contributed by atoms with Gasteiger partial charge in [0.05, 0.1) is 7.11 Å². The Labute approximate surface area is 208 Å². The molecule has 0 bridgehead atoms. The van der Waals surface area contributed by atoms with Gasteiger partial charge in [-0.15, -0.1) is 0 Å². The summed E-state index contributed by atoms with van der Waals surface area (Å²) in [4.78, 5) is 16.9. The van der Waals surface area contributed by atoms with Crippen LogP contribution in [-0.4, -0.2) is 19.0 Å². The highest BCUT2D eigenvalue weighted by molar-refractivity contribution is 9.10. The van der Waals surface area contributed by atoms with Crippen molar-refractivity contribution in [2.75, 3.05) is 7.11 Å². The number of rotatable bonds is 6. The van der Waals surface area contributed by atoms with Gasteiger partial charge in [0.15, 0.2) is 17.2 Å². The first-order valence-corrected chi connectivity index (χ1v) is 11.7. The Bertz CT molecular complexity index is 1270. The Hall–Kier alpha value is -3.38. The monoisotopic (exact) mass is 519 g/mol. The van der Waals surface area contributed by atoms with Crippen LogP contribution in [0.25, 0.3) is 6.08 Å². The van der Waals surface area contributed by atoms with Crippen LogP contribution in [0.2, 0.25) is 0 Å². The van der Waals surface area contributed by atoms with Crippen LogP contribution in [0.1, 0.15) is 43.0 Å². The molecule has 0 unspecified atom stereocenters. The van der Waals surface area contributed by atoms with Gasteiger partial charge in [-0.1, -0.05) is 67.0 Å².